The fraction of sp³-hybridized carbons (Fsp3) is 0.409. The first-order valence-corrected chi connectivity index (χ1v) is 9.31. The molecule has 0 radical (unpaired) electrons. The Morgan fingerprint density at radius 1 is 1.08 bits per heavy atom. The third-order valence-electron chi connectivity index (χ3n) is 6.05. The SMILES string of the molecule is O=C1[C@@H]2CCC[C@@]1(c1cccc(O)c1)CCN2CCc1ccccc1. The number of carbonyl (C=O) groups excluding carboxylic acids is 1. The van der Waals surface area contributed by atoms with Gasteiger partial charge in [0.25, 0.3) is 0 Å². The normalized spacial score (nSPS) is 26.6. The van der Waals surface area contributed by atoms with Crippen molar-refractivity contribution in [1.82, 2.24) is 4.90 Å². The first-order valence-electron chi connectivity index (χ1n) is 9.31. The van der Waals surface area contributed by atoms with Crippen LogP contribution in [0, 0.1) is 0 Å². The minimum Gasteiger partial charge on any atom is -0.508 e. The Bertz CT molecular complexity index is 758. The van der Waals surface area contributed by atoms with Gasteiger partial charge in [-0.25, -0.2) is 0 Å². The number of piperidine rings is 1. The summed E-state index contributed by atoms with van der Waals surface area (Å²) in [6.07, 6.45) is 4.81. The molecule has 0 spiro atoms. The molecule has 2 aromatic carbocycles. The fourth-order valence-corrected chi connectivity index (χ4v) is 4.68. The lowest BCUT2D eigenvalue weighted by Crippen LogP contribution is -2.59. The van der Waals surface area contributed by atoms with Crippen molar-refractivity contribution in [3.05, 3.63) is 65.7 Å². The predicted molar refractivity (Wildman–Crippen MR) is 98.8 cm³/mol. The van der Waals surface area contributed by atoms with Gasteiger partial charge in [0.1, 0.15) is 5.75 Å². The Morgan fingerprint density at radius 2 is 1.92 bits per heavy atom. The van der Waals surface area contributed by atoms with Crippen LogP contribution >= 0.6 is 0 Å². The predicted octanol–water partition coefficient (Wildman–Crippen LogP) is 3.70. The lowest BCUT2D eigenvalue weighted by molar-refractivity contribution is -0.137. The Kier molecular flexibility index (Phi) is 4.34. The van der Waals surface area contributed by atoms with Crippen molar-refractivity contribution in [1.29, 1.82) is 0 Å². The van der Waals surface area contributed by atoms with Crippen LogP contribution in [0.3, 0.4) is 0 Å². The van der Waals surface area contributed by atoms with Gasteiger partial charge in [0.2, 0.25) is 0 Å². The molecule has 1 aliphatic carbocycles. The summed E-state index contributed by atoms with van der Waals surface area (Å²) in [7, 11) is 0. The molecule has 2 bridgehead atoms. The second-order valence-corrected chi connectivity index (χ2v) is 7.43. The number of carbonyl (C=O) groups is 1. The smallest absolute Gasteiger partial charge is 0.160 e. The third kappa shape index (κ3) is 2.98. The Morgan fingerprint density at radius 3 is 2.72 bits per heavy atom. The van der Waals surface area contributed by atoms with Crippen molar-refractivity contribution in [2.75, 3.05) is 13.1 Å². The zero-order chi connectivity index (χ0) is 17.3. The molecule has 0 unspecified atom stereocenters. The Hall–Kier alpha value is -2.13. The second-order valence-electron chi connectivity index (χ2n) is 7.43. The van der Waals surface area contributed by atoms with Gasteiger partial charge in [0, 0.05) is 13.1 Å². The molecule has 2 aliphatic rings. The second kappa shape index (κ2) is 6.64. The molecule has 1 saturated carbocycles. The number of likely N-dealkylation sites (tertiary alicyclic amines) is 1. The Balaban J connectivity index is 1.53. The number of phenols is 1. The summed E-state index contributed by atoms with van der Waals surface area (Å²) >= 11 is 0. The van der Waals surface area contributed by atoms with E-state index in [1.165, 1.54) is 5.56 Å². The molecule has 25 heavy (non-hydrogen) atoms. The van der Waals surface area contributed by atoms with E-state index >= 15 is 0 Å². The molecule has 0 aromatic heterocycles. The highest BCUT2D eigenvalue weighted by atomic mass is 16.3. The molecule has 2 aromatic rings. The van der Waals surface area contributed by atoms with Crippen LogP contribution in [-0.4, -0.2) is 34.9 Å². The maximum atomic E-state index is 13.3. The summed E-state index contributed by atoms with van der Waals surface area (Å²) in [5, 5.41) is 9.86. The summed E-state index contributed by atoms with van der Waals surface area (Å²) in [6, 6.07) is 17.9. The molecule has 3 heteroatoms. The van der Waals surface area contributed by atoms with Gasteiger partial charge in [-0.1, -0.05) is 48.9 Å². The van der Waals surface area contributed by atoms with E-state index in [0.29, 0.717) is 5.78 Å². The number of benzene rings is 2. The van der Waals surface area contributed by atoms with E-state index < -0.39 is 0 Å². The van der Waals surface area contributed by atoms with Crippen molar-refractivity contribution < 1.29 is 9.90 Å². The molecule has 4 rings (SSSR count). The van der Waals surface area contributed by atoms with Gasteiger partial charge in [-0.15, -0.1) is 0 Å². The van der Waals surface area contributed by atoms with Crippen LogP contribution < -0.4 is 0 Å². The van der Waals surface area contributed by atoms with Crippen LogP contribution in [0.1, 0.15) is 36.8 Å². The fourth-order valence-electron chi connectivity index (χ4n) is 4.68. The van der Waals surface area contributed by atoms with E-state index in [4.69, 9.17) is 0 Å². The molecule has 1 saturated heterocycles. The first-order chi connectivity index (χ1) is 12.2. The van der Waals surface area contributed by atoms with Gasteiger partial charge in [-0.05, 0) is 48.9 Å². The van der Waals surface area contributed by atoms with Gasteiger partial charge < -0.3 is 5.11 Å². The van der Waals surface area contributed by atoms with E-state index in [2.05, 4.69) is 29.2 Å². The molecule has 2 atom stereocenters. The summed E-state index contributed by atoms with van der Waals surface area (Å²) in [5.41, 5.74) is 1.95. The summed E-state index contributed by atoms with van der Waals surface area (Å²) in [6.45, 7) is 1.90. The summed E-state index contributed by atoms with van der Waals surface area (Å²) in [4.78, 5) is 15.7. The zero-order valence-electron chi connectivity index (χ0n) is 14.5. The number of ketones is 1. The molecule has 130 valence electrons. The molecule has 0 amide bonds. The average Bonchev–Trinajstić information content (AvgIpc) is 2.62. The van der Waals surface area contributed by atoms with Crippen LogP contribution in [0.25, 0.3) is 0 Å². The van der Waals surface area contributed by atoms with Crippen molar-refractivity contribution in [2.45, 2.75) is 43.6 Å². The van der Waals surface area contributed by atoms with E-state index in [-0.39, 0.29) is 17.2 Å². The largest absolute Gasteiger partial charge is 0.508 e. The highest BCUT2D eigenvalue weighted by molar-refractivity contribution is 5.96. The highest BCUT2D eigenvalue weighted by Gasteiger charge is 2.50. The van der Waals surface area contributed by atoms with E-state index in [1.54, 1.807) is 12.1 Å². The van der Waals surface area contributed by atoms with E-state index in [1.807, 2.05) is 18.2 Å². The van der Waals surface area contributed by atoms with E-state index in [0.717, 1.165) is 50.8 Å². The molecular formula is C22H25NO2. The monoisotopic (exact) mass is 335 g/mol. The van der Waals surface area contributed by atoms with Gasteiger partial charge in [0.05, 0.1) is 11.5 Å². The first kappa shape index (κ1) is 16.3. The van der Waals surface area contributed by atoms with Gasteiger partial charge in [-0.3, -0.25) is 9.69 Å². The minimum absolute atomic E-state index is 0.0357. The number of Topliss-reactive ketones (excluding diaryl/α,β-unsaturated/α-hetero) is 1. The zero-order valence-corrected chi connectivity index (χ0v) is 14.5. The van der Waals surface area contributed by atoms with Gasteiger partial charge in [-0.2, -0.15) is 0 Å². The number of aromatic hydroxyl groups is 1. The number of rotatable bonds is 4. The van der Waals surface area contributed by atoms with Crippen molar-refractivity contribution in [3.8, 4) is 5.75 Å². The van der Waals surface area contributed by atoms with Gasteiger partial charge in [0.15, 0.2) is 5.78 Å². The quantitative estimate of drug-likeness (QED) is 0.926. The number of hydrogen-bond acceptors (Lipinski definition) is 3. The maximum Gasteiger partial charge on any atom is 0.160 e. The van der Waals surface area contributed by atoms with Crippen LogP contribution in [0.4, 0.5) is 0 Å². The minimum atomic E-state index is -0.384. The molecule has 2 fully saturated rings. The average molecular weight is 335 g/mol. The van der Waals surface area contributed by atoms with Crippen molar-refractivity contribution >= 4 is 5.78 Å². The van der Waals surface area contributed by atoms with Crippen molar-refractivity contribution in [2.24, 2.45) is 0 Å². The summed E-state index contributed by atoms with van der Waals surface area (Å²) in [5.74, 6) is 0.622. The molecule has 1 heterocycles. The number of nitrogens with zero attached hydrogens (tertiary/aromatic N) is 1. The van der Waals surface area contributed by atoms with Crippen molar-refractivity contribution in [3.63, 3.8) is 0 Å². The molecule has 3 nitrogen and oxygen atoms in total. The molecular weight excluding hydrogens is 310 g/mol. The van der Waals surface area contributed by atoms with E-state index in [9.17, 15) is 9.90 Å². The summed E-state index contributed by atoms with van der Waals surface area (Å²) < 4.78 is 0. The molecule has 1 N–H and O–H groups in total. The molecule has 1 aliphatic heterocycles. The topological polar surface area (TPSA) is 40.5 Å². The lowest BCUT2D eigenvalue weighted by atomic mass is 9.62. The standard InChI is InChI=1S/C22H25NO2/c24-19-9-4-8-18(16-19)22-12-5-10-20(21(22)25)23(15-13-22)14-11-17-6-2-1-3-7-17/h1-4,6-9,16,20,24H,5,10-15H2/t20-,22-/m0/s1. The lowest BCUT2D eigenvalue weighted by Gasteiger charge is -2.49. The number of hydrogen-bond donors (Lipinski definition) is 1. The maximum absolute atomic E-state index is 13.3. The third-order valence-corrected chi connectivity index (χ3v) is 6.05. The highest BCUT2D eigenvalue weighted by Crippen LogP contribution is 2.45. The van der Waals surface area contributed by atoms with Crippen LogP contribution in [0.2, 0.25) is 0 Å². The van der Waals surface area contributed by atoms with Crippen LogP contribution in [0.5, 0.6) is 5.75 Å². The Labute approximate surface area is 149 Å². The van der Waals surface area contributed by atoms with Gasteiger partial charge >= 0.3 is 0 Å². The number of fused-ring (bicyclic) bond motifs is 2. The number of phenolic OH excluding ortho intramolecular Hbond substituents is 1. The van der Waals surface area contributed by atoms with Crippen LogP contribution in [-0.2, 0) is 16.6 Å². The van der Waals surface area contributed by atoms with Crippen LogP contribution in [0.15, 0.2) is 54.6 Å².